The van der Waals surface area contributed by atoms with Gasteiger partial charge in [-0.3, -0.25) is 4.99 Å². The Labute approximate surface area is 167 Å². The Morgan fingerprint density at radius 3 is 2.41 bits per heavy atom. The van der Waals surface area contributed by atoms with E-state index in [9.17, 15) is 5.11 Å². The summed E-state index contributed by atoms with van der Waals surface area (Å²) >= 11 is 3.53. The molecule has 27 heavy (non-hydrogen) atoms. The fourth-order valence-electron chi connectivity index (χ4n) is 4.36. The number of fused-ring (bicyclic) bond motifs is 2. The number of hydrogen-bond donors (Lipinski definition) is 1. The van der Waals surface area contributed by atoms with Crippen LogP contribution in [0.1, 0.15) is 28.3 Å². The molecule has 0 spiro atoms. The Bertz CT molecular complexity index is 1020. The quantitative estimate of drug-likeness (QED) is 0.664. The third-order valence-corrected chi connectivity index (χ3v) is 6.06. The molecule has 3 aromatic carbocycles. The lowest BCUT2D eigenvalue weighted by Gasteiger charge is -2.45. The molecular weight excluding hydrogens is 400 g/mol. The van der Waals surface area contributed by atoms with Gasteiger partial charge < -0.3 is 10.0 Å². The van der Waals surface area contributed by atoms with E-state index < -0.39 is 5.60 Å². The molecule has 0 amide bonds. The second-order valence-corrected chi connectivity index (χ2v) is 7.93. The van der Waals surface area contributed by atoms with Crippen molar-refractivity contribution in [1.29, 1.82) is 0 Å². The maximum atomic E-state index is 12.0. The zero-order valence-corrected chi connectivity index (χ0v) is 16.3. The molecule has 0 unspecified atom stereocenters. The second-order valence-electron chi connectivity index (χ2n) is 7.02. The summed E-state index contributed by atoms with van der Waals surface area (Å²) < 4.78 is 1.06. The summed E-state index contributed by atoms with van der Waals surface area (Å²) in [5, 5.41) is 12.0. The van der Waals surface area contributed by atoms with Gasteiger partial charge >= 0.3 is 0 Å². The minimum Gasteiger partial charge on any atom is -0.373 e. The monoisotopic (exact) mass is 418 g/mol. The first-order valence-corrected chi connectivity index (χ1v) is 9.93. The van der Waals surface area contributed by atoms with Gasteiger partial charge in [-0.1, -0.05) is 82.7 Å². The lowest BCUT2D eigenvalue weighted by molar-refractivity contribution is 0.124. The molecule has 3 nitrogen and oxygen atoms in total. The molecule has 0 aliphatic carbocycles. The normalized spacial score (nSPS) is 23.6. The summed E-state index contributed by atoms with van der Waals surface area (Å²) in [7, 11) is 0. The average Bonchev–Trinajstić information content (AvgIpc) is 3.20. The number of aliphatic imine (C=N–C) groups is 1. The highest BCUT2D eigenvalue weighted by Crippen LogP contribution is 2.47. The van der Waals surface area contributed by atoms with Crippen molar-refractivity contribution >= 4 is 21.8 Å². The van der Waals surface area contributed by atoms with Crippen molar-refractivity contribution < 1.29 is 5.11 Å². The molecule has 0 fully saturated rings. The van der Waals surface area contributed by atoms with Crippen LogP contribution in [-0.4, -0.2) is 28.9 Å². The molecule has 134 valence electrons. The maximum Gasteiger partial charge on any atom is 0.172 e. The first-order valence-electron chi connectivity index (χ1n) is 9.14. The Balaban J connectivity index is 1.77. The van der Waals surface area contributed by atoms with Crippen LogP contribution in [0.5, 0.6) is 0 Å². The highest BCUT2D eigenvalue weighted by molar-refractivity contribution is 9.10. The Hall–Kier alpha value is -2.43. The zero-order valence-electron chi connectivity index (χ0n) is 14.7. The van der Waals surface area contributed by atoms with E-state index in [1.165, 1.54) is 5.56 Å². The van der Waals surface area contributed by atoms with E-state index in [1.807, 2.05) is 48.5 Å². The van der Waals surface area contributed by atoms with Gasteiger partial charge in [-0.25, -0.2) is 0 Å². The van der Waals surface area contributed by atoms with Gasteiger partial charge in [0.05, 0.1) is 12.6 Å². The van der Waals surface area contributed by atoms with E-state index in [2.05, 4.69) is 51.2 Å². The zero-order chi connectivity index (χ0) is 18.4. The molecule has 1 N–H and O–H groups in total. The molecule has 4 heteroatoms. The van der Waals surface area contributed by atoms with Crippen LogP contribution < -0.4 is 0 Å². The summed E-state index contributed by atoms with van der Waals surface area (Å²) in [5.74, 6) is 0.750. The predicted molar refractivity (Wildman–Crippen MR) is 111 cm³/mol. The van der Waals surface area contributed by atoms with Gasteiger partial charge in [-0.05, 0) is 28.8 Å². The van der Waals surface area contributed by atoms with Crippen LogP contribution in [0.15, 0.2) is 88.3 Å². The number of halogens is 1. The fraction of sp³-hybridized carbons (Fsp3) is 0.174. The third-order valence-electron chi connectivity index (χ3n) is 5.53. The van der Waals surface area contributed by atoms with Crippen molar-refractivity contribution in [3.63, 3.8) is 0 Å². The number of amidine groups is 1. The van der Waals surface area contributed by atoms with Crippen molar-refractivity contribution in [1.82, 2.24) is 4.90 Å². The van der Waals surface area contributed by atoms with Crippen LogP contribution >= 0.6 is 15.9 Å². The van der Waals surface area contributed by atoms with E-state index in [1.54, 1.807) is 0 Å². The third kappa shape index (κ3) is 2.47. The maximum absolute atomic E-state index is 12.0. The van der Waals surface area contributed by atoms with Crippen molar-refractivity contribution in [2.24, 2.45) is 4.99 Å². The van der Waals surface area contributed by atoms with E-state index in [0.717, 1.165) is 33.5 Å². The van der Waals surface area contributed by atoms with Gasteiger partial charge in [0.15, 0.2) is 5.60 Å². The Morgan fingerprint density at radius 2 is 1.63 bits per heavy atom. The second kappa shape index (κ2) is 6.32. The minimum atomic E-state index is -1.22. The van der Waals surface area contributed by atoms with Crippen LogP contribution in [0.2, 0.25) is 0 Å². The van der Waals surface area contributed by atoms with E-state index in [-0.39, 0.29) is 6.04 Å². The molecule has 2 atom stereocenters. The number of hydrogen-bond acceptors (Lipinski definition) is 3. The predicted octanol–water partition coefficient (Wildman–Crippen LogP) is 4.50. The topological polar surface area (TPSA) is 35.8 Å². The molecule has 2 heterocycles. The summed E-state index contributed by atoms with van der Waals surface area (Å²) in [6.45, 7) is 1.50. The number of benzene rings is 3. The summed E-state index contributed by atoms with van der Waals surface area (Å²) in [4.78, 5) is 7.03. The van der Waals surface area contributed by atoms with Crippen LogP contribution in [0.25, 0.3) is 0 Å². The minimum absolute atomic E-state index is 0.0551. The van der Waals surface area contributed by atoms with Crippen molar-refractivity contribution in [2.75, 3.05) is 13.1 Å². The molecule has 0 saturated carbocycles. The van der Waals surface area contributed by atoms with Gasteiger partial charge in [0.2, 0.25) is 0 Å². The SMILES string of the molecule is O[C@@]1(c2ccccc2)C2=NCCN2[C@H](c2ccc(Br)cc2)c2ccccc21. The highest BCUT2D eigenvalue weighted by atomic mass is 79.9. The van der Waals surface area contributed by atoms with E-state index >= 15 is 0 Å². The van der Waals surface area contributed by atoms with Gasteiger partial charge in [0.25, 0.3) is 0 Å². The average molecular weight is 419 g/mol. The summed E-state index contributed by atoms with van der Waals surface area (Å²) in [6.07, 6.45) is 0. The molecule has 0 radical (unpaired) electrons. The van der Waals surface area contributed by atoms with Crippen molar-refractivity contribution in [3.05, 3.63) is 106 Å². The molecule has 0 bridgehead atoms. The van der Waals surface area contributed by atoms with Crippen molar-refractivity contribution in [2.45, 2.75) is 11.6 Å². The Morgan fingerprint density at radius 1 is 0.926 bits per heavy atom. The van der Waals surface area contributed by atoms with E-state index in [0.29, 0.717) is 6.54 Å². The van der Waals surface area contributed by atoms with E-state index in [4.69, 9.17) is 4.99 Å². The van der Waals surface area contributed by atoms with Crippen LogP contribution in [0.4, 0.5) is 0 Å². The first kappa shape index (κ1) is 16.7. The molecule has 2 aliphatic heterocycles. The van der Waals surface area contributed by atoms with Gasteiger partial charge in [-0.15, -0.1) is 0 Å². The van der Waals surface area contributed by atoms with Crippen LogP contribution in [0, 0.1) is 0 Å². The molecule has 3 aromatic rings. The lowest BCUT2D eigenvalue weighted by Crippen LogP contribution is -2.52. The number of aliphatic hydroxyl groups is 1. The molecule has 0 aromatic heterocycles. The molecule has 0 saturated heterocycles. The molecule has 2 aliphatic rings. The number of rotatable bonds is 2. The summed E-state index contributed by atoms with van der Waals surface area (Å²) in [6, 6.07) is 26.6. The fourth-order valence-corrected chi connectivity index (χ4v) is 4.62. The largest absolute Gasteiger partial charge is 0.373 e. The standard InChI is InChI=1S/C23H19BrN2O/c24-18-12-10-16(11-13-18)21-19-8-4-5-9-20(19)23(27,17-6-2-1-3-7-17)22-25-14-15-26(21)22/h1-13,21,27H,14-15H2/t21-,23-/m1/s1. The van der Waals surface area contributed by atoms with Gasteiger partial charge in [0, 0.05) is 16.6 Å². The Kier molecular flexibility index (Phi) is 3.92. The van der Waals surface area contributed by atoms with Crippen LogP contribution in [0.3, 0.4) is 0 Å². The molecule has 5 rings (SSSR count). The van der Waals surface area contributed by atoms with Gasteiger partial charge in [-0.2, -0.15) is 0 Å². The number of nitrogens with zero attached hydrogens (tertiary/aromatic N) is 2. The summed E-state index contributed by atoms with van der Waals surface area (Å²) in [5.41, 5.74) is 2.89. The van der Waals surface area contributed by atoms with Crippen molar-refractivity contribution in [3.8, 4) is 0 Å². The first-order chi connectivity index (χ1) is 13.2. The van der Waals surface area contributed by atoms with Gasteiger partial charge in [0.1, 0.15) is 5.84 Å². The smallest absolute Gasteiger partial charge is 0.172 e. The molecular formula is C23H19BrN2O. The highest BCUT2D eigenvalue weighted by Gasteiger charge is 2.50. The van der Waals surface area contributed by atoms with Crippen LogP contribution in [-0.2, 0) is 5.60 Å². The lowest BCUT2D eigenvalue weighted by atomic mass is 9.75.